The summed E-state index contributed by atoms with van der Waals surface area (Å²) in [7, 11) is 0. The summed E-state index contributed by atoms with van der Waals surface area (Å²) in [6.07, 6.45) is 2.36. The van der Waals surface area contributed by atoms with Crippen LogP contribution in [-0.2, 0) is 4.79 Å². The first-order chi connectivity index (χ1) is 9.63. The second kappa shape index (κ2) is 7.09. The number of hydrogen-bond donors (Lipinski definition) is 2. The van der Waals surface area contributed by atoms with Crippen molar-refractivity contribution in [2.75, 3.05) is 25.0 Å². The molecule has 1 saturated carbocycles. The first-order valence-electron chi connectivity index (χ1n) is 7.16. The van der Waals surface area contributed by atoms with Crippen molar-refractivity contribution in [2.45, 2.75) is 18.9 Å². The molecule has 2 aliphatic rings. The van der Waals surface area contributed by atoms with Gasteiger partial charge < -0.3 is 11.1 Å². The highest BCUT2D eigenvalue weighted by Gasteiger charge is 2.41. The van der Waals surface area contributed by atoms with Crippen LogP contribution in [0.3, 0.4) is 0 Å². The number of likely N-dealkylation sites (tertiary alicyclic amines) is 1. The molecule has 1 amide bonds. The molecule has 1 aliphatic carbocycles. The van der Waals surface area contributed by atoms with Gasteiger partial charge in [-0.25, -0.2) is 0 Å². The Kier molecular flexibility index (Phi) is 5.66. The van der Waals surface area contributed by atoms with Gasteiger partial charge in [-0.1, -0.05) is 12.1 Å². The molecule has 1 saturated heterocycles. The number of rotatable bonds is 3. The van der Waals surface area contributed by atoms with E-state index in [1.165, 1.54) is 6.42 Å². The molecule has 1 aliphatic heterocycles. The Morgan fingerprint density at radius 3 is 2.81 bits per heavy atom. The molecule has 3 unspecified atom stereocenters. The van der Waals surface area contributed by atoms with Gasteiger partial charge in [-0.2, -0.15) is 0 Å². The average Bonchev–Trinajstić information content (AvgIpc) is 2.95. The van der Waals surface area contributed by atoms with Crippen LogP contribution in [0.25, 0.3) is 0 Å². The molecular formula is C15H21BrClN3O. The molecule has 0 radical (unpaired) electrons. The van der Waals surface area contributed by atoms with Crippen molar-refractivity contribution in [3.8, 4) is 0 Å². The zero-order valence-electron chi connectivity index (χ0n) is 11.8. The van der Waals surface area contributed by atoms with Gasteiger partial charge in [0.1, 0.15) is 0 Å². The number of benzene rings is 1. The maximum Gasteiger partial charge on any atom is 0.238 e. The van der Waals surface area contributed by atoms with E-state index in [1.54, 1.807) is 0 Å². The van der Waals surface area contributed by atoms with Crippen molar-refractivity contribution >= 4 is 39.9 Å². The largest absolute Gasteiger partial charge is 0.327 e. The summed E-state index contributed by atoms with van der Waals surface area (Å²) >= 11 is 3.44. The molecule has 3 atom stereocenters. The van der Waals surface area contributed by atoms with Crippen molar-refractivity contribution in [2.24, 2.45) is 17.6 Å². The lowest BCUT2D eigenvalue weighted by Gasteiger charge is -2.18. The fourth-order valence-corrected chi connectivity index (χ4v) is 3.87. The third-order valence-electron chi connectivity index (χ3n) is 4.50. The number of para-hydroxylation sites is 1. The number of hydrogen-bond acceptors (Lipinski definition) is 3. The molecule has 21 heavy (non-hydrogen) atoms. The fraction of sp³-hybridized carbons (Fsp3) is 0.533. The summed E-state index contributed by atoms with van der Waals surface area (Å²) in [6.45, 7) is 2.44. The molecule has 3 rings (SSSR count). The molecule has 1 heterocycles. The summed E-state index contributed by atoms with van der Waals surface area (Å²) in [6, 6.07) is 8.00. The standard InChI is InChI=1S/C15H20BrN3O.ClH/c16-12-3-1-2-4-14(12)18-15(20)9-19-7-10-5-6-13(17)11(10)8-19;/h1-4,10-11,13H,5-9,17H2,(H,18,20);1H. The Hall–Kier alpha value is -0.620. The normalized spacial score (nSPS) is 28.0. The fourth-order valence-electron chi connectivity index (χ4n) is 3.48. The summed E-state index contributed by atoms with van der Waals surface area (Å²) in [5.41, 5.74) is 6.95. The van der Waals surface area contributed by atoms with E-state index in [1.807, 2.05) is 24.3 Å². The van der Waals surface area contributed by atoms with Crippen molar-refractivity contribution in [1.82, 2.24) is 4.90 Å². The third kappa shape index (κ3) is 3.77. The molecule has 0 spiro atoms. The number of fused-ring (bicyclic) bond motifs is 1. The van der Waals surface area contributed by atoms with E-state index in [0.29, 0.717) is 24.4 Å². The van der Waals surface area contributed by atoms with E-state index in [9.17, 15) is 4.79 Å². The summed E-state index contributed by atoms with van der Waals surface area (Å²) < 4.78 is 0.911. The van der Waals surface area contributed by atoms with E-state index >= 15 is 0 Å². The molecule has 3 N–H and O–H groups in total. The zero-order chi connectivity index (χ0) is 14.1. The quantitative estimate of drug-likeness (QED) is 0.854. The minimum absolute atomic E-state index is 0. The minimum atomic E-state index is 0. The highest BCUT2D eigenvalue weighted by atomic mass is 79.9. The van der Waals surface area contributed by atoms with Crippen LogP contribution in [0.5, 0.6) is 0 Å². The number of halogens is 2. The Morgan fingerprint density at radius 1 is 1.33 bits per heavy atom. The van der Waals surface area contributed by atoms with Crippen molar-refractivity contribution < 1.29 is 4.79 Å². The highest BCUT2D eigenvalue weighted by Crippen LogP contribution is 2.36. The number of nitrogens with zero attached hydrogens (tertiary/aromatic N) is 1. The predicted molar refractivity (Wildman–Crippen MR) is 90.6 cm³/mol. The smallest absolute Gasteiger partial charge is 0.238 e. The first-order valence-corrected chi connectivity index (χ1v) is 7.95. The lowest BCUT2D eigenvalue weighted by molar-refractivity contribution is -0.117. The van der Waals surface area contributed by atoms with E-state index in [4.69, 9.17) is 5.73 Å². The van der Waals surface area contributed by atoms with Gasteiger partial charge >= 0.3 is 0 Å². The number of carbonyl (C=O) groups excluding carboxylic acids is 1. The van der Waals surface area contributed by atoms with Gasteiger partial charge in [0.2, 0.25) is 5.91 Å². The predicted octanol–water partition coefficient (Wildman–Crippen LogP) is 2.48. The lowest BCUT2D eigenvalue weighted by atomic mass is 9.98. The van der Waals surface area contributed by atoms with Gasteiger partial charge in [-0.15, -0.1) is 12.4 Å². The number of nitrogens with one attached hydrogen (secondary N) is 1. The Morgan fingerprint density at radius 2 is 2.10 bits per heavy atom. The van der Waals surface area contributed by atoms with Crippen molar-refractivity contribution in [3.05, 3.63) is 28.7 Å². The van der Waals surface area contributed by atoms with Crippen LogP contribution in [-0.4, -0.2) is 36.5 Å². The van der Waals surface area contributed by atoms with Crippen molar-refractivity contribution in [1.29, 1.82) is 0 Å². The maximum atomic E-state index is 12.1. The second-order valence-corrected chi connectivity index (χ2v) is 6.74. The van der Waals surface area contributed by atoms with Gasteiger partial charge in [-0.3, -0.25) is 9.69 Å². The van der Waals surface area contributed by atoms with Crippen LogP contribution in [0.1, 0.15) is 12.8 Å². The SMILES string of the molecule is Cl.NC1CCC2CN(CC(=O)Nc3ccccc3Br)CC12. The molecule has 1 aromatic rings. The van der Waals surface area contributed by atoms with Gasteiger partial charge in [-0.05, 0) is 52.7 Å². The Bertz CT molecular complexity index is 513. The number of carbonyl (C=O) groups is 1. The zero-order valence-corrected chi connectivity index (χ0v) is 14.2. The number of amides is 1. The first kappa shape index (κ1) is 16.7. The third-order valence-corrected chi connectivity index (χ3v) is 5.19. The monoisotopic (exact) mass is 373 g/mol. The van der Waals surface area contributed by atoms with Crippen LogP contribution < -0.4 is 11.1 Å². The molecule has 6 heteroatoms. The molecule has 4 nitrogen and oxygen atoms in total. The summed E-state index contributed by atoms with van der Waals surface area (Å²) in [4.78, 5) is 14.4. The van der Waals surface area contributed by atoms with E-state index in [2.05, 4.69) is 26.1 Å². The van der Waals surface area contributed by atoms with Gasteiger partial charge in [0.05, 0.1) is 12.2 Å². The number of anilines is 1. The van der Waals surface area contributed by atoms with Crippen LogP contribution in [0.2, 0.25) is 0 Å². The topological polar surface area (TPSA) is 58.4 Å². The Balaban J connectivity index is 0.00000161. The van der Waals surface area contributed by atoms with E-state index in [0.717, 1.165) is 29.7 Å². The highest BCUT2D eigenvalue weighted by molar-refractivity contribution is 9.10. The van der Waals surface area contributed by atoms with Crippen LogP contribution >= 0.6 is 28.3 Å². The molecule has 1 aromatic carbocycles. The average molecular weight is 375 g/mol. The molecule has 2 fully saturated rings. The molecule has 0 aromatic heterocycles. The second-order valence-electron chi connectivity index (χ2n) is 5.89. The van der Waals surface area contributed by atoms with Crippen LogP contribution in [0.15, 0.2) is 28.7 Å². The van der Waals surface area contributed by atoms with Crippen LogP contribution in [0, 0.1) is 11.8 Å². The molecular weight excluding hydrogens is 354 g/mol. The van der Waals surface area contributed by atoms with Gasteiger partial charge in [0, 0.05) is 23.6 Å². The van der Waals surface area contributed by atoms with Gasteiger partial charge in [0.25, 0.3) is 0 Å². The summed E-state index contributed by atoms with van der Waals surface area (Å²) in [5, 5.41) is 2.96. The van der Waals surface area contributed by atoms with E-state index < -0.39 is 0 Å². The van der Waals surface area contributed by atoms with Crippen molar-refractivity contribution in [3.63, 3.8) is 0 Å². The lowest BCUT2D eigenvalue weighted by Crippen LogP contribution is -2.34. The van der Waals surface area contributed by atoms with E-state index in [-0.39, 0.29) is 18.3 Å². The van der Waals surface area contributed by atoms with Crippen LogP contribution in [0.4, 0.5) is 5.69 Å². The molecule has 0 bridgehead atoms. The minimum Gasteiger partial charge on any atom is -0.327 e. The Labute approximate surface area is 140 Å². The maximum absolute atomic E-state index is 12.1. The number of nitrogens with two attached hydrogens (primary N) is 1. The summed E-state index contributed by atoms with van der Waals surface area (Å²) in [5.74, 6) is 1.33. The van der Waals surface area contributed by atoms with Gasteiger partial charge in [0.15, 0.2) is 0 Å². The molecule has 116 valence electrons.